The second-order valence-electron chi connectivity index (χ2n) is 11.5. The molecule has 0 aliphatic carbocycles. The van der Waals surface area contributed by atoms with Crippen molar-refractivity contribution in [3.05, 3.63) is 163 Å². The van der Waals surface area contributed by atoms with Gasteiger partial charge in [0, 0.05) is 33.6 Å². The summed E-state index contributed by atoms with van der Waals surface area (Å²) in [6.07, 6.45) is -10.0. The Morgan fingerprint density at radius 3 is 1.62 bits per heavy atom. The van der Waals surface area contributed by atoms with Gasteiger partial charge in [-0.3, -0.25) is 0 Å². The van der Waals surface area contributed by atoms with Gasteiger partial charge in [0.2, 0.25) is 0 Å². The third-order valence-electron chi connectivity index (χ3n) is 8.13. The fraction of sp³-hybridized carbons (Fsp3) is 0.0500. The Bertz CT molecular complexity index is 2270. The van der Waals surface area contributed by atoms with Gasteiger partial charge in [-0.1, -0.05) is 72.8 Å². The first-order valence-electron chi connectivity index (χ1n) is 15.3. The minimum absolute atomic E-state index is 0.100. The van der Waals surface area contributed by atoms with Crippen LogP contribution in [-0.4, -0.2) is 9.97 Å². The molecule has 0 aliphatic heterocycles. The lowest BCUT2D eigenvalue weighted by Gasteiger charge is -2.26. The first kappa shape index (κ1) is 32.5. The van der Waals surface area contributed by atoms with Crippen molar-refractivity contribution in [2.24, 2.45) is 0 Å². The number of aromatic nitrogens is 2. The third-order valence-corrected chi connectivity index (χ3v) is 8.13. The van der Waals surface area contributed by atoms with Gasteiger partial charge in [0.25, 0.3) is 0 Å². The molecule has 10 heteroatoms. The van der Waals surface area contributed by atoms with E-state index in [0.717, 1.165) is 11.1 Å². The summed E-state index contributed by atoms with van der Waals surface area (Å²) < 4.78 is 96.5. The van der Waals surface area contributed by atoms with Crippen LogP contribution in [0.1, 0.15) is 11.1 Å². The number of halogens is 7. The molecule has 0 aliphatic rings. The van der Waals surface area contributed by atoms with Crippen molar-refractivity contribution in [3.63, 3.8) is 0 Å². The van der Waals surface area contributed by atoms with E-state index in [-0.39, 0.29) is 17.2 Å². The number of hydrogen-bond donors (Lipinski definition) is 0. The summed E-state index contributed by atoms with van der Waals surface area (Å²) in [4.78, 5) is 11.5. The van der Waals surface area contributed by atoms with E-state index in [1.165, 1.54) is 36.4 Å². The van der Waals surface area contributed by atoms with Crippen molar-refractivity contribution >= 4 is 28.0 Å². The Morgan fingerprint density at radius 1 is 0.440 bits per heavy atom. The number of anilines is 3. The molecule has 1 aromatic heterocycles. The van der Waals surface area contributed by atoms with Crippen LogP contribution in [0.25, 0.3) is 44.7 Å². The highest BCUT2D eigenvalue weighted by atomic mass is 19.4. The van der Waals surface area contributed by atoms with Crippen LogP contribution in [0.5, 0.6) is 0 Å². The molecule has 6 aromatic carbocycles. The van der Waals surface area contributed by atoms with Gasteiger partial charge in [-0.05, 0) is 83.9 Å². The Kier molecular flexibility index (Phi) is 8.31. The van der Waals surface area contributed by atoms with Crippen molar-refractivity contribution in [2.75, 3.05) is 4.90 Å². The van der Waals surface area contributed by atoms with Crippen LogP contribution in [0.4, 0.5) is 47.8 Å². The van der Waals surface area contributed by atoms with Gasteiger partial charge in [0.05, 0.1) is 22.3 Å². The fourth-order valence-electron chi connectivity index (χ4n) is 5.77. The molecule has 7 rings (SSSR count). The molecule has 0 amide bonds. The van der Waals surface area contributed by atoms with Crippen LogP contribution in [0.3, 0.4) is 0 Å². The van der Waals surface area contributed by atoms with Crippen molar-refractivity contribution in [3.8, 4) is 33.8 Å². The Morgan fingerprint density at radius 2 is 1.00 bits per heavy atom. The largest absolute Gasteiger partial charge is 0.416 e. The molecular formula is C40H24F7N3. The van der Waals surface area contributed by atoms with Gasteiger partial charge >= 0.3 is 12.4 Å². The van der Waals surface area contributed by atoms with Crippen LogP contribution in [0, 0.1) is 5.82 Å². The summed E-state index contributed by atoms with van der Waals surface area (Å²) in [5.41, 5.74) is 1.42. The van der Waals surface area contributed by atoms with Crippen LogP contribution in [0.15, 0.2) is 146 Å². The molecule has 0 spiro atoms. The summed E-state index contributed by atoms with van der Waals surface area (Å²) in [5.74, 6) is 0.0323. The average molecular weight is 680 g/mol. The molecule has 0 unspecified atom stereocenters. The van der Waals surface area contributed by atoms with Gasteiger partial charge in [-0.15, -0.1) is 0 Å². The molecule has 1 heterocycles. The number of alkyl halides is 6. The molecule has 3 nitrogen and oxygen atoms in total. The predicted molar refractivity (Wildman–Crippen MR) is 180 cm³/mol. The van der Waals surface area contributed by atoms with Crippen molar-refractivity contribution in [2.45, 2.75) is 12.4 Å². The first-order chi connectivity index (χ1) is 23.9. The molecule has 0 atom stereocenters. The standard InChI is InChI=1S/C40H24F7N3/c41-31-14-16-32(17-15-31)50(33-13-7-12-27(22-33)28-20-29(39(42,43)44)23-30(21-28)40(45,46)47)34-18-19-36-35(24-34)37(25-8-3-1-4-9-25)49-38(48-36)26-10-5-2-6-11-26/h1-24H. The number of rotatable bonds is 6. The summed E-state index contributed by atoms with van der Waals surface area (Å²) in [7, 11) is 0. The minimum atomic E-state index is -5.00. The van der Waals surface area contributed by atoms with E-state index >= 15 is 0 Å². The number of nitrogens with zero attached hydrogens (tertiary/aromatic N) is 3. The normalized spacial score (nSPS) is 11.9. The molecule has 0 bridgehead atoms. The average Bonchev–Trinajstić information content (AvgIpc) is 3.12. The van der Waals surface area contributed by atoms with E-state index in [1.807, 2.05) is 72.8 Å². The molecule has 248 valence electrons. The molecular weight excluding hydrogens is 655 g/mol. The van der Waals surface area contributed by atoms with E-state index in [9.17, 15) is 30.7 Å². The van der Waals surface area contributed by atoms with Gasteiger partial charge in [0.15, 0.2) is 5.82 Å². The molecule has 0 radical (unpaired) electrons. The lowest BCUT2D eigenvalue weighted by molar-refractivity contribution is -0.143. The second-order valence-corrected chi connectivity index (χ2v) is 11.5. The summed E-state index contributed by atoms with van der Waals surface area (Å²) in [5, 5.41) is 0.685. The van der Waals surface area contributed by atoms with E-state index < -0.39 is 29.3 Å². The Labute approximate surface area is 281 Å². The van der Waals surface area contributed by atoms with E-state index in [2.05, 4.69) is 0 Å². The molecule has 0 saturated heterocycles. The summed E-state index contributed by atoms with van der Waals surface area (Å²) in [6, 6.07) is 37.7. The Balaban J connectivity index is 1.42. The highest BCUT2D eigenvalue weighted by Gasteiger charge is 2.37. The topological polar surface area (TPSA) is 29.0 Å². The Hall–Kier alpha value is -6.03. The second kappa shape index (κ2) is 12.8. The van der Waals surface area contributed by atoms with Gasteiger partial charge < -0.3 is 4.90 Å². The third kappa shape index (κ3) is 6.64. The molecule has 0 saturated carbocycles. The lowest BCUT2D eigenvalue weighted by Crippen LogP contribution is -2.11. The van der Waals surface area contributed by atoms with Crippen molar-refractivity contribution in [1.29, 1.82) is 0 Å². The maximum absolute atomic E-state index is 14.1. The van der Waals surface area contributed by atoms with Crippen molar-refractivity contribution in [1.82, 2.24) is 9.97 Å². The highest BCUT2D eigenvalue weighted by Crippen LogP contribution is 2.42. The summed E-state index contributed by atoms with van der Waals surface area (Å²) >= 11 is 0. The predicted octanol–water partition coefficient (Wildman–Crippen LogP) is 12.3. The number of fused-ring (bicyclic) bond motifs is 1. The lowest BCUT2D eigenvalue weighted by atomic mass is 9.98. The molecule has 7 aromatic rings. The SMILES string of the molecule is Fc1ccc(N(c2cccc(-c3cc(C(F)(F)F)cc(C(F)(F)F)c3)c2)c2ccc3nc(-c4ccccc4)nc(-c4ccccc4)c3c2)cc1. The van der Waals surface area contributed by atoms with Gasteiger partial charge in [0.1, 0.15) is 5.82 Å². The summed E-state index contributed by atoms with van der Waals surface area (Å²) in [6.45, 7) is 0. The smallest absolute Gasteiger partial charge is 0.310 e. The zero-order chi connectivity index (χ0) is 35.0. The maximum atomic E-state index is 14.1. The number of benzene rings is 6. The monoisotopic (exact) mass is 679 g/mol. The minimum Gasteiger partial charge on any atom is -0.310 e. The molecule has 0 N–H and O–H groups in total. The zero-order valence-electron chi connectivity index (χ0n) is 25.8. The maximum Gasteiger partial charge on any atom is 0.416 e. The van der Waals surface area contributed by atoms with Crippen LogP contribution in [-0.2, 0) is 12.4 Å². The van der Waals surface area contributed by atoms with E-state index in [1.54, 1.807) is 23.1 Å². The van der Waals surface area contributed by atoms with Gasteiger partial charge in [-0.25, -0.2) is 14.4 Å². The van der Waals surface area contributed by atoms with Crippen LogP contribution in [0.2, 0.25) is 0 Å². The molecule has 50 heavy (non-hydrogen) atoms. The van der Waals surface area contributed by atoms with Crippen LogP contribution >= 0.6 is 0 Å². The number of hydrogen-bond acceptors (Lipinski definition) is 3. The molecule has 0 fully saturated rings. The van der Waals surface area contributed by atoms with Crippen molar-refractivity contribution < 1.29 is 30.7 Å². The first-order valence-corrected chi connectivity index (χ1v) is 15.3. The zero-order valence-corrected chi connectivity index (χ0v) is 25.8. The van der Waals surface area contributed by atoms with Gasteiger partial charge in [-0.2, -0.15) is 26.3 Å². The van der Waals surface area contributed by atoms with E-state index in [0.29, 0.717) is 51.6 Å². The van der Waals surface area contributed by atoms with Crippen LogP contribution < -0.4 is 4.90 Å². The highest BCUT2D eigenvalue weighted by molar-refractivity contribution is 5.97. The quantitative estimate of drug-likeness (QED) is 0.164. The fourth-order valence-corrected chi connectivity index (χ4v) is 5.77. The van der Waals surface area contributed by atoms with E-state index in [4.69, 9.17) is 9.97 Å².